The Morgan fingerprint density at radius 3 is 2.83 bits per heavy atom. The predicted molar refractivity (Wildman–Crippen MR) is 107 cm³/mol. The van der Waals surface area contributed by atoms with E-state index in [1.54, 1.807) is 24.5 Å². The molecule has 4 aromatic rings. The number of aromatic nitrogens is 5. The minimum absolute atomic E-state index is 0.134. The van der Waals surface area contributed by atoms with E-state index in [2.05, 4.69) is 25.0 Å². The molecule has 29 heavy (non-hydrogen) atoms. The van der Waals surface area contributed by atoms with Gasteiger partial charge in [-0.2, -0.15) is 5.10 Å². The van der Waals surface area contributed by atoms with Gasteiger partial charge in [-0.25, -0.2) is 19.0 Å². The van der Waals surface area contributed by atoms with Gasteiger partial charge < -0.3 is 4.90 Å². The van der Waals surface area contributed by atoms with E-state index in [9.17, 15) is 9.18 Å². The molecule has 1 saturated heterocycles. The molecule has 1 aliphatic heterocycles. The second-order valence-electron chi connectivity index (χ2n) is 7.11. The fourth-order valence-corrected chi connectivity index (χ4v) is 3.62. The minimum atomic E-state index is -0.311. The Bertz CT molecular complexity index is 1240. The summed E-state index contributed by atoms with van der Waals surface area (Å²) in [5, 5.41) is 5.19. The molecule has 0 N–H and O–H groups in total. The normalized spacial score (nSPS) is 14.2. The van der Waals surface area contributed by atoms with Crippen LogP contribution in [0.5, 0.6) is 0 Å². The van der Waals surface area contributed by atoms with Crippen LogP contribution in [0.4, 0.5) is 10.2 Å². The molecule has 0 spiro atoms. The van der Waals surface area contributed by atoms with Crippen LogP contribution in [-0.2, 0) is 6.54 Å². The quantitative estimate of drug-likeness (QED) is 0.535. The summed E-state index contributed by atoms with van der Waals surface area (Å²) in [6, 6.07) is 11.5. The first-order chi connectivity index (χ1) is 14.2. The lowest BCUT2D eigenvalue weighted by Gasteiger charge is -2.40. The average molecular weight is 388 g/mol. The zero-order valence-corrected chi connectivity index (χ0v) is 15.4. The lowest BCUT2D eigenvalue weighted by atomic mass is 9.99. The van der Waals surface area contributed by atoms with E-state index in [1.165, 1.54) is 29.2 Å². The molecular weight excluding hydrogens is 371 g/mol. The van der Waals surface area contributed by atoms with E-state index >= 15 is 0 Å². The summed E-state index contributed by atoms with van der Waals surface area (Å²) in [6.45, 7) is 1.95. The third kappa shape index (κ3) is 3.33. The summed E-state index contributed by atoms with van der Waals surface area (Å²) in [4.78, 5) is 27.0. The molecular formula is C21H17FN6O. The van der Waals surface area contributed by atoms with Crippen LogP contribution in [0.25, 0.3) is 22.2 Å². The molecule has 3 aromatic heterocycles. The molecule has 1 aliphatic rings. The molecule has 0 atom stereocenters. The smallest absolute Gasteiger partial charge is 0.266 e. The topological polar surface area (TPSA) is 76.8 Å². The van der Waals surface area contributed by atoms with Gasteiger partial charge in [0, 0.05) is 48.4 Å². The maximum Gasteiger partial charge on any atom is 0.266 e. The van der Waals surface area contributed by atoms with E-state index in [-0.39, 0.29) is 17.3 Å². The van der Waals surface area contributed by atoms with Crippen molar-refractivity contribution in [1.29, 1.82) is 0 Å². The molecule has 0 saturated carbocycles. The fourth-order valence-electron chi connectivity index (χ4n) is 3.62. The molecule has 0 bridgehead atoms. The van der Waals surface area contributed by atoms with E-state index in [1.807, 2.05) is 12.1 Å². The Hall–Kier alpha value is -3.68. The zero-order valence-electron chi connectivity index (χ0n) is 15.4. The molecule has 144 valence electrons. The molecule has 7 nitrogen and oxygen atoms in total. The van der Waals surface area contributed by atoms with E-state index in [4.69, 9.17) is 0 Å². The number of pyridine rings is 1. The van der Waals surface area contributed by atoms with Crippen molar-refractivity contribution in [2.24, 2.45) is 5.92 Å². The summed E-state index contributed by atoms with van der Waals surface area (Å²) in [5.74, 6) is 0.659. The van der Waals surface area contributed by atoms with Crippen molar-refractivity contribution in [3.63, 3.8) is 0 Å². The number of fused-ring (bicyclic) bond motifs is 1. The molecule has 0 aliphatic carbocycles. The van der Waals surface area contributed by atoms with Crippen LogP contribution in [0.3, 0.4) is 0 Å². The van der Waals surface area contributed by atoms with Crippen molar-refractivity contribution in [3.05, 3.63) is 77.4 Å². The van der Waals surface area contributed by atoms with Crippen molar-refractivity contribution in [3.8, 4) is 11.3 Å². The van der Waals surface area contributed by atoms with Gasteiger partial charge in [0.2, 0.25) is 0 Å². The van der Waals surface area contributed by atoms with Crippen LogP contribution < -0.4 is 10.5 Å². The van der Waals surface area contributed by atoms with E-state index in [0.29, 0.717) is 36.2 Å². The predicted octanol–water partition coefficient (Wildman–Crippen LogP) is 2.52. The van der Waals surface area contributed by atoms with Crippen LogP contribution >= 0.6 is 0 Å². The lowest BCUT2D eigenvalue weighted by Crippen LogP contribution is -2.50. The first-order valence-corrected chi connectivity index (χ1v) is 9.31. The number of nitrogens with zero attached hydrogens (tertiary/aromatic N) is 6. The highest BCUT2D eigenvalue weighted by molar-refractivity contribution is 5.89. The Balaban J connectivity index is 1.34. The number of halogens is 1. The Kier molecular flexibility index (Phi) is 4.23. The highest BCUT2D eigenvalue weighted by Gasteiger charge is 2.30. The lowest BCUT2D eigenvalue weighted by molar-refractivity contribution is 0.334. The van der Waals surface area contributed by atoms with Crippen molar-refractivity contribution in [1.82, 2.24) is 24.7 Å². The molecule has 4 heterocycles. The van der Waals surface area contributed by atoms with Crippen LogP contribution in [0, 0.1) is 11.7 Å². The van der Waals surface area contributed by atoms with Gasteiger partial charge in [0.1, 0.15) is 18.0 Å². The maximum atomic E-state index is 13.7. The largest absolute Gasteiger partial charge is 0.355 e. The SMILES string of the molecule is O=c1ccc(-c2cccnc2)nn1CC1CN(c2ncnc3ccc(F)cc23)C1. The van der Waals surface area contributed by atoms with Gasteiger partial charge in [0.15, 0.2) is 0 Å². The summed E-state index contributed by atoms with van der Waals surface area (Å²) in [6.07, 6.45) is 4.92. The average Bonchev–Trinajstić information content (AvgIpc) is 2.72. The monoisotopic (exact) mass is 388 g/mol. The van der Waals surface area contributed by atoms with Crippen molar-refractivity contribution in [2.75, 3.05) is 18.0 Å². The zero-order chi connectivity index (χ0) is 19.8. The summed E-state index contributed by atoms with van der Waals surface area (Å²) in [7, 11) is 0. The summed E-state index contributed by atoms with van der Waals surface area (Å²) < 4.78 is 15.2. The fraction of sp³-hybridized carbons (Fsp3) is 0.190. The Labute approximate surface area is 165 Å². The molecule has 5 rings (SSSR count). The molecule has 8 heteroatoms. The van der Waals surface area contributed by atoms with Crippen LogP contribution in [0.15, 0.2) is 66.0 Å². The Morgan fingerprint density at radius 1 is 1.10 bits per heavy atom. The van der Waals surface area contributed by atoms with E-state index in [0.717, 1.165) is 11.4 Å². The third-order valence-electron chi connectivity index (χ3n) is 5.09. The highest BCUT2D eigenvalue weighted by Crippen LogP contribution is 2.29. The third-order valence-corrected chi connectivity index (χ3v) is 5.09. The Morgan fingerprint density at radius 2 is 2.00 bits per heavy atom. The summed E-state index contributed by atoms with van der Waals surface area (Å²) in [5.41, 5.74) is 2.16. The van der Waals surface area contributed by atoms with E-state index < -0.39 is 0 Å². The van der Waals surface area contributed by atoms with Crippen LogP contribution in [0.2, 0.25) is 0 Å². The molecule has 0 radical (unpaired) electrons. The maximum absolute atomic E-state index is 13.7. The van der Waals surface area contributed by atoms with Gasteiger partial charge in [-0.1, -0.05) is 0 Å². The molecule has 1 fully saturated rings. The van der Waals surface area contributed by atoms with Crippen molar-refractivity contribution < 1.29 is 4.39 Å². The van der Waals surface area contributed by atoms with Gasteiger partial charge in [-0.15, -0.1) is 0 Å². The van der Waals surface area contributed by atoms with Crippen molar-refractivity contribution >= 4 is 16.7 Å². The van der Waals surface area contributed by atoms with Gasteiger partial charge in [0.25, 0.3) is 5.56 Å². The van der Waals surface area contributed by atoms with Gasteiger partial charge in [-0.3, -0.25) is 9.78 Å². The molecule has 1 aromatic carbocycles. The molecule has 0 unspecified atom stereocenters. The van der Waals surface area contributed by atoms with Gasteiger partial charge in [0.05, 0.1) is 17.8 Å². The minimum Gasteiger partial charge on any atom is -0.355 e. The number of rotatable bonds is 4. The van der Waals surface area contributed by atoms with Crippen molar-refractivity contribution in [2.45, 2.75) is 6.54 Å². The number of anilines is 1. The van der Waals surface area contributed by atoms with Gasteiger partial charge >= 0.3 is 0 Å². The molecule has 0 amide bonds. The number of benzene rings is 1. The second kappa shape index (κ2) is 7.05. The highest BCUT2D eigenvalue weighted by atomic mass is 19.1. The first-order valence-electron chi connectivity index (χ1n) is 9.31. The first kappa shape index (κ1) is 17.4. The van der Waals surface area contributed by atoms with Gasteiger partial charge in [-0.05, 0) is 36.4 Å². The van der Waals surface area contributed by atoms with Crippen LogP contribution in [-0.4, -0.2) is 37.8 Å². The summed E-state index contributed by atoms with van der Waals surface area (Å²) >= 11 is 0. The number of hydrogen-bond donors (Lipinski definition) is 0. The van der Waals surface area contributed by atoms with Crippen LogP contribution in [0.1, 0.15) is 0 Å². The number of hydrogen-bond acceptors (Lipinski definition) is 6. The standard InChI is InChI=1S/C21H17FN6O/c22-16-3-4-19-17(8-16)21(25-13-24-19)27-10-14(11-27)12-28-20(29)6-5-18(26-28)15-2-1-7-23-9-15/h1-9,13-14H,10-12H2. The second-order valence-corrected chi connectivity index (χ2v) is 7.11.